The third kappa shape index (κ3) is 3.51. The van der Waals surface area contributed by atoms with Crippen LogP contribution < -0.4 is 0 Å². The average Bonchev–Trinajstić information content (AvgIpc) is 2.74. The Bertz CT molecular complexity index is 837. The van der Waals surface area contributed by atoms with Crippen molar-refractivity contribution in [3.8, 4) is 0 Å². The molecule has 4 heteroatoms. The molecule has 0 spiro atoms. The van der Waals surface area contributed by atoms with Crippen LogP contribution in [0.15, 0.2) is 0 Å². The van der Waals surface area contributed by atoms with Crippen LogP contribution in [0, 0.1) is 43.3 Å². The highest BCUT2D eigenvalue weighted by molar-refractivity contribution is 5.72. The van der Waals surface area contributed by atoms with Crippen molar-refractivity contribution in [3.05, 3.63) is 0 Å². The number of hydrogen-bond donors (Lipinski definition) is 2. The zero-order valence-corrected chi connectivity index (χ0v) is 28.7. The van der Waals surface area contributed by atoms with E-state index in [1.54, 1.807) is 0 Å². The van der Waals surface area contributed by atoms with Gasteiger partial charge in [-0.3, -0.25) is 4.90 Å². The molecule has 220 valence electrons. The van der Waals surface area contributed by atoms with Crippen molar-refractivity contribution in [2.24, 2.45) is 43.3 Å². The maximum absolute atomic E-state index is 14.4. The van der Waals surface area contributed by atoms with Crippen LogP contribution in [0.4, 0.5) is 4.79 Å². The first-order chi connectivity index (χ1) is 15.6. The summed E-state index contributed by atoms with van der Waals surface area (Å²) in [6, 6.07) is 0. The van der Waals surface area contributed by atoms with E-state index in [1.165, 1.54) is 0 Å². The molecule has 1 fully saturated rings. The molecule has 0 aliphatic carbocycles. The largest absolute Gasteiger partial charge is 0.465 e. The van der Waals surface area contributed by atoms with Gasteiger partial charge in [-0.15, -0.1) is 0 Å². The van der Waals surface area contributed by atoms with Gasteiger partial charge in [0.1, 0.15) is 5.60 Å². The molecule has 1 aliphatic heterocycles. The van der Waals surface area contributed by atoms with Crippen LogP contribution in [0.2, 0.25) is 0 Å². The second kappa shape index (κ2) is 8.14. The minimum atomic E-state index is -1.46. The lowest BCUT2D eigenvalue weighted by Gasteiger charge is -2.74. The predicted octanol–water partition coefficient (Wildman–Crippen LogP) is 9.50. The van der Waals surface area contributed by atoms with Crippen molar-refractivity contribution in [2.45, 2.75) is 162 Å². The maximum atomic E-state index is 14.4. The Morgan fingerprint density at radius 1 is 0.459 bits per heavy atom. The van der Waals surface area contributed by atoms with Gasteiger partial charge in [0.15, 0.2) is 0 Å². The molecule has 1 heterocycles. The number of carboxylic acid groups (broad SMARTS) is 1. The monoisotopic (exact) mass is 523 g/mol. The number of aliphatic hydroxyl groups is 1. The fourth-order valence-corrected chi connectivity index (χ4v) is 11.6. The Morgan fingerprint density at radius 2 is 0.703 bits per heavy atom. The van der Waals surface area contributed by atoms with Crippen LogP contribution in [0.1, 0.15) is 145 Å². The van der Waals surface area contributed by atoms with E-state index in [1.807, 2.05) is 4.90 Å². The van der Waals surface area contributed by atoms with Crippen LogP contribution in [0.3, 0.4) is 0 Å². The van der Waals surface area contributed by atoms with E-state index in [9.17, 15) is 15.0 Å². The fourth-order valence-electron chi connectivity index (χ4n) is 11.6. The summed E-state index contributed by atoms with van der Waals surface area (Å²) in [7, 11) is 0. The topological polar surface area (TPSA) is 60.8 Å². The van der Waals surface area contributed by atoms with Gasteiger partial charge < -0.3 is 10.2 Å². The number of likely N-dealkylation sites (tertiary alicyclic amines) is 1. The number of amides is 1. The third-order valence-corrected chi connectivity index (χ3v) is 10.1. The Morgan fingerprint density at radius 3 is 0.838 bits per heavy atom. The van der Waals surface area contributed by atoms with Gasteiger partial charge in [0, 0.05) is 5.41 Å². The molecule has 0 aromatic carbocycles. The van der Waals surface area contributed by atoms with Crippen LogP contribution in [0.25, 0.3) is 0 Å². The van der Waals surface area contributed by atoms with Crippen molar-refractivity contribution in [2.75, 3.05) is 0 Å². The summed E-state index contributed by atoms with van der Waals surface area (Å²) in [5, 5.41) is 26.0. The molecule has 1 rings (SSSR count). The molecule has 1 saturated heterocycles. The summed E-state index contributed by atoms with van der Waals surface area (Å²) in [6.07, 6.45) is -0.951. The number of rotatable bonds is 0. The molecule has 0 bridgehead atoms. The van der Waals surface area contributed by atoms with Crippen LogP contribution in [0.5, 0.6) is 0 Å². The molecule has 1 unspecified atom stereocenters. The second-order valence-electron chi connectivity index (χ2n) is 19.2. The van der Waals surface area contributed by atoms with E-state index in [0.29, 0.717) is 0 Å². The average molecular weight is 524 g/mol. The highest BCUT2D eigenvalue weighted by Crippen LogP contribution is 2.85. The first kappa shape index (κ1) is 34.3. The fraction of sp³-hybridized carbons (Fsp3) is 0.970. The molecule has 0 aromatic heterocycles. The Kier molecular flexibility index (Phi) is 7.53. The van der Waals surface area contributed by atoms with E-state index >= 15 is 0 Å². The maximum Gasteiger partial charge on any atom is 0.408 e. The highest BCUT2D eigenvalue weighted by atomic mass is 16.4. The van der Waals surface area contributed by atoms with Crippen LogP contribution in [-0.4, -0.2) is 37.9 Å². The molecular formula is C33H65NO3. The number of nitrogens with zero attached hydrogens (tertiary/aromatic N) is 1. The lowest BCUT2D eigenvalue weighted by atomic mass is 9.30. The number of carbonyl (C=O) groups is 1. The normalized spacial score (nSPS) is 25.4. The van der Waals surface area contributed by atoms with Crippen LogP contribution in [-0.2, 0) is 0 Å². The van der Waals surface area contributed by atoms with E-state index in [4.69, 9.17) is 0 Å². The molecule has 0 radical (unpaired) electrons. The molecule has 1 amide bonds. The first-order valence-corrected chi connectivity index (χ1v) is 14.3. The molecule has 2 N–H and O–H groups in total. The molecular weight excluding hydrogens is 458 g/mol. The van der Waals surface area contributed by atoms with Crippen LogP contribution >= 0.6 is 0 Å². The minimum absolute atomic E-state index is 0.500. The third-order valence-electron chi connectivity index (χ3n) is 10.1. The van der Waals surface area contributed by atoms with Gasteiger partial charge >= 0.3 is 6.09 Å². The minimum Gasteiger partial charge on any atom is -0.465 e. The summed E-state index contributed by atoms with van der Waals surface area (Å²) in [5.74, 6) is 0. The van der Waals surface area contributed by atoms with Crippen molar-refractivity contribution in [1.29, 1.82) is 0 Å². The summed E-state index contributed by atoms with van der Waals surface area (Å²) in [5.41, 5.74) is -8.52. The van der Waals surface area contributed by atoms with Gasteiger partial charge in [0.05, 0.1) is 11.1 Å². The Hall–Kier alpha value is -0.770. The summed E-state index contributed by atoms with van der Waals surface area (Å²) >= 11 is 0. The first-order valence-electron chi connectivity index (χ1n) is 14.3. The van der Waals surface area contributed by atoms with Gasteiger partial charge in [-0.05, 0) is 37.9 Å². The van der Waals surface area contributed by atoms with E-state index in [2.05, 4.69) is 145 Å². The standard InChI is InChI=1S/C33H65NO3/c1-23(2,3)30(24(4,5)6)31(25(7,8)9,26(10,11)12)34(22(35)36)32(27(13,14)15,28(16,17)18)33(30,37)29(19,20)21/h37H,1-21H3,(H,35,36). The highest BCUT2D eigenvalue weighted by Gasteiger charge is 2.94. The predicted molar refractivity (Wildman–Crippen MR) is 159 cm³/mol. The summed E-state index contributed by atoms with van der Waals surface area (Å²) in [4.78, 5) is 16.0. The van der Waals surface area contributed by atoms with Gasteiger partial charge in [-0.25, -0.2) is 4.79 Å². The number of hydrogen-bond acceptors (Lipinski definition) is 2. The van der Waals surface area contributed by atoms with E-state index < -0.39 is 66.1 Å². The zero-order chi connectivity index (χ0) is 30.7. The quantitative estimate of drug-likeness (QED) is 0.332. The van der Waals surface area contributed by atoms with E-state index in [0.717, 1.165) is 0 Å². The Balaban J connectivity index is 5.38. The lowest BCUT2D eigenvalue weighted by Crippen LogP contribution is -2.81. The molecule has 0 aromatic rings. The molecule has 0 saturated carbocycles. The van der Waals surface area contributed by atoms with Gasteiger partial charge in [0.25, 0.3) is 0 Å². The van der Waals surface area contributed by atoms with Gasteiger partial charge in [0.2, 0.25) is 0 Å². The van der Waals surface area contributed by atoms with E-state index in [-0.39, 0.29) is 0 Å². The van der Waals surface area contributed by atoms with Crippen molar-refractivity contribution in [1.82, 2.24) is 4.90 Å². The Labute approximate surface area is 231 Å². The molecule has 4 nitrogen and oxygen atoms in total. The van der Waals surface area contributed by atoms with Crippen molar-refractivity contribution in [3.63, 3.8) is 0 Å². The smallest absolute Gasteiger partial charge is 0.408 e. The zero-order valence-electron chi connectivity index (χ0n) is 28.7. The van der Waals surface area contributed by atoms with Crippen molar-refractivity contribution >= 4 is 6.09 Å². The molecule has 1 aliphatic rings. The van der Waals surface area contributed by atoms with Gasteiger partial charge in [-0.1, -0.05) is 145 Å². The summed E-state index contributed by atoms with van der Waals surface area (Å²) in [6.45, 7) is 45.9. The molecule has 37 heavy (non-hydrogen) atoms. The summed E-state index contributed by atoms with van der Waals surface area (Å²) < 4.78 is 0. The molecule has 1 atom stereocenters. The lowest BCUT2D eigenvalue weighted by molar-refractivity contribution is -0.303. The SMILES string of the molecule is CC(C)(C)C1(O)C(C(C)(C)C)(C(C)(C)C)N(C(=O)O)C(C(C)(C)C)(C(C)(C)C)C1(C(C)(C)C)C(C)(C)C. The van der Waals surface area contributed by atoms with Crippen molar-refractivity contribution < 1.29 is 15.0 Å². The second-order valence-corrected chi connectivity index (χ2v) is 19.2. The van der Waals surface area contributed by atoms with Gasteiger partial charge in [-0.2, -0.15) is 0 Å².